The third-order valence-electron chi connectivity index (χ3n) is 6.29. The van der Waals surface area contributed by atoms with Gasteiger partial charge in [-0.25, -0.2) is 19.9 Å². The first kappa shape index (κ1) is 34.0. The molecule has 0 spiro atoms. The van der Waals surface area contributed by atoms with Gasteiger partial charge in [0.2, 0.25) is 0 Å². The van der Waals surface area contributed by atoms with Gasteiger partial charge in [-0.3, -0.25) is 0 Å². The Hall–Kier alpha value is -4.52. The highest BCUT2D eigenvalue weighted by Crippen LogP contribution is 2.36. The van der Waals surface area contributed by atoms with E-state index < -0.39 is 0 Å². The van der Waals surface area contributed by atoms with E-state index in [2.05, 4.69) is 31.2 Å². The summed E-state index contributed by atoms with van der Waals surface area (Å²) in [7, 11) is 0. The van der Waals surface area contributed by atoms with Gasteiger partial charge in [0.25, 0.3) is 0 Å². The maximum absolute atomic E-state index is 6.01. The van der Waals surface area contributed by atoms with Crippen LogP contribution in [0.1, 0.15) is 38.8 Å². The standard InChI is InChI=1S/C21H21N3O2.C12H13ClN2O2.ClH/c1-5-15-9-8-10-17(14(15)4)24-21-16-11-19(25-6-2)20(26-7-3)12-18(16)22-13-23-21;1-3-16-10-5-8-9(6-11(10)17-4-2)14-7-15-12(8)13;/h1,8-13H,6-7H2,2-4H3,(H,22,23,24);5-7H,3-4H2,1-2H3;1H. The summed E-state index contributed by atoms with van der Waals surface area (Å²) in [5.41, 5.74) is 4.28. The van der Waals surface area contributed by atoms with E-state index in [0.717, 1.165) is 38.6 Å². The topological polar surface area (TPSA) is 101 Å². The van der Waals surface area contributed by atoms with E-state index in [0.29, 0.717) is 60.4 Å². The highest BCUT2D eigenvalue weighted by atomic mass is 35.5. The first-order valence-corrected chi connectivity index (χ1v) is 14.4. The molecule has 0 saturated carbocycles. The van der Waals surface area contributed by atoms with Crippen LogP contribution in [0.4, 0.5) is 11.5 Å². The molecule has 1 N–H and O–H groups in total. The molecule has 5 aromatic rings. The highest BCUT2D eigenvalue weighted by molar-refractivity contribution is 6.34. The van der Waals surface area contributed by atoms with Crippen LogP contribution in [0.15, 0.2) is 55.1 Å². The largest absolute Gasteiger partial charge is 0.490 e. The molecule has 11 heteroatoms. The number of nitrogens with one attached hydrogen (secondary N) is 1. The van der Waals surface area contributed by atoms with E-state index >= 15 is 0 Å². The van der Waals surface area contributed by atoms with Gasteiger partial charge < -0.3 is 24.3 Å². The SMILES string of the molecule is C#Cc1cccc(Nc2ncnc3cc(OCC)c(OCC)cc23)c1C.CCOc1cc2ncnc(Cl)c2cc1OCC.Cl. The van der Waals surface area contributed by atoms with Crippen LogP contribution in [-0.4, -0.2) is 46.4 Å². The lowest BCUT2D eigenvalue weighted by molar-refractivity contribution is 0.288. The van der Waals surface area contributed by atoms with Crippen molar-refractivity contribution in [1.82, 2.24) is 19.9 Å². The molecule has 0 amide bonds. The molecular weight excluding hydrogens is 601 g/mol. The lowest BCUT2D eigenvalue weighted by Crippen LogP contribution is -2.02. The number of hydrogen-bond acceptors (Lipinski definition) is 9. The molecule has 0 bridgehead atoms. The van der Waals surface area contributed by atoms with Crippen LogP contribution in [0, 0.1) is 19.3 Å². The van der Waals surface area contributed by atoms with Crippen LogP contribution in [0.25, 0.3) is 21.8 Å². The van der Waals surface area contributed by atoms with Crippen molar-refractivity contribution in [2.24, 2.45) is 0 Å². The molecule has 9 nitrogen and oxygen atoms in total. The Morgan fingerprint density at radius 1 is 0.727 bits per heavy atom. The van der Waals surface area contributed by atoms with Gasteiger partial charge in [-0.2, -0.15) is 0 Å². The second-order valence-corrected chi connectivity index (χ2v) is 9.36. The molecule has 0 atom stereocenters. The Morgan fingerprint density at radius 2 is 1.23 bits per heavy atom. The monoisotopic (exact) mass is 635 g/mol. The number of benzene rings is 3. The molecule has 0 radical (unpaired) electrons. The average Bonchev–Trinajstić information content (AvgIpc) is 3.00. The number of anilines is 2. The quantitative estimate of drug-likeness (QED) is 0.121. The molecule has 0 aliphatic rings. The molecule has 2 aromatic heterocycles. The Morgan fingerprint density at radius 3 is 1.77 bits per heavy atom. The molecule has 5 rings (SSSR count). The Kier molecular flexibility index (Phi) is 12.6. The number of terminal acetylenes is 1. The van der Waals surface area contributed by atoms with Crippen LogP contribution < -0.4 is 24.3 Å². The normalized spacial score (nSPS) is 10.2. The zero-order valence-electron chi connectivity index (χ0n) is 25.3. The van der Waals surface area contributed by atoms with E-state index in [4.69, 9.17) is 37.0 Å². The number of aromatic nitrogens is 4. The summed E-state index contributed by atoms with van der Waals surface area (Å²) in [6.45, 7) is 11.9. The summed E-state index contributed by atoms with van der Waals surface area (Å²) < 4.78 is 22.4. The van der Waals surface area contributed by atoms with Crippen molar-refractivity contribution in [3.8, 4) is 35.3 Å². The summed E-state index contributed by atoms with van der Waals surface area (Å²) in [4.78, 5) is 16.9. The van der Waals surface area contributed by atoms with E-state index in [1.807, 2.05) is 77.1 Å². The number of rotatable bonds is 10. The second kappa shape index (κ2) is 16.4. The summed E-state index contributed by atoms with van der Waals surface area (Å²) in [6.07, 6.45) is 8.53. The highest BCUT2D eigenvalue weighted by Gasteiger charge is 2.13. The van der Waals surface area contributed by atoms with Gasteiger partial charge in [0.05, 0.1) is 37.5 Å². The maximum Gasteiger partial charge on any atom is 0.163 e. The molecule has 44 heavy (non-hydrogen) atoms. The smallest absolute Gasteiger partial charge is 0.163 e. The minimum atomic E-state index is 0. The van der Waals surface area contributed by atoms with Gasteiger partial charge in [0, 0.05) is 34.2 Å². The Labute approximate surface area is 268 Å². The molecule has 3 aromatic carbocycles. The van der Waals surface area contributed by atoms with E-state index in [1.165, 1.54) is 12.7 Å². The number of hydrogen-bond donors (Lipinski definition) is 1. The van der Waals surface area contributed by atoms with Gasteiger partial charge in [-0.1, -0.05) is 23.6 Å². The van der Waals surface area contributed by atoms with Crippen molar-refractivity contribution < 1.29 is 18.9 Å². The van der Waals surface area contributed by atoms with E-state index in [-0.39, 0.29) is 12.4 Å². The molecule has 0 unspecified atom stereocenters. The van der Waals surface area contributed by atoms with Crippen LogP contribution in [-0.2, 0) is 0 Å². The van der Waals surface area contributed by atoms with Gasteiger partial charge in [-0.15, -0.1) is 18.8 Å². The average molecular weight is 637 g/mol. The first-order valence-electron chi connectivity index (χ1n) is 14.0. The second-order valence-electron chi connectivity index (χ2n) is 9.00. The zero-order chi connectivity index (χ0) is 30.8. The Bertz CT molecular complexity index is 1760. The van der Waals surface area contributed by atoms with Crippen molar-refractivity contribution in [3.63, 3.8) is 0 Å². The summed E-state index contributed by atoms with van der Waals surface area (Å²) >= 11 is 6.01. The van der Waals surface area contributed by atoms with Crippen LogP contribution >= 0.6 is 24.0 Å². The number of ether oxygens (including phenoxy) is 4. The van der Waals surface area contributed by atoms with Crippen molar-refractivity contribution in [2.45, 2.75) is 34.6 Å². The fourth-order valence-corrected chi connectivity index (χ4v) is 4.52. The zero-order valence-corrected chi connectivity index (χ0v) is 26.9. The third-order valence-corrected chi connectivity index (χ3v) is 6.60. The van der Waals surface area contributed by atoms with Gasteiger partial charge in [-0.05, 0) is 64.4 Å². The van der Waals surface area contributed by atoms with Crippen molar-refractivity contribution in [2.75, 3.05) is 31.7 Å². The molecule has 0 aliphatic heterocycles. The lowest BCUT2D eigenvalue weighted by Gasteiger charge is -2.15. The van der Waals surface area contributed by atoms with Gasteiger partial charge >= 0.3 is 0 Å². The van der Waals surface area contributed by atoms with Gasteiger partial charge in [0.15, 0.2) is 23.0 Å². The van der Waals surface area contributed by atoms with Crippen LogP contribution in [0.3, 0.4) is 0 Å². The molecule has 0 fully saturated rings. The summed E-state index contributed by atoms with van der Waals surface area (Å²) in [5.74, 6) is 6.08. The fraction of sp³-hybridized carbons (Fsp3) is 0.273. The molecule has 230 valence electrons. The van der Waals surface area contributed by atoms with E-state index in [9.17, 15) is 0 Å². The Balaban J connectivity index is 0.000000256. The minimum absolute atomic E-state index is 0. The fourth-order valence-electron chi connectivity index (χ4n) is 4.32. The van der Waals surface area contributed by atoms with Crippen LogP contribution in [0.5, 0.6) is 23.0 Å². The predicted octanol–water partition coefficient (Wildman–Crippen LogP) is 7.96. The number of nitrogens with zero attached hydrogens (tertiary/aromatic N) is 4. The molecular formula is C33H35Cl2N5O4. The van der Waals surface area contributed by atoms with Crippen molar-refractivity contribution >= 4 is 57.3 Å². The molecule has 0 aliphatic carbocycles. The number of halogens is 2. The maximum atomic E-state index is 6.01. The number of fused-ring (bicyclic) bond motifs is 2. The molecule has 2 heterocycles. The molecule has 0 saturated heterocycles. The van der Waals surface area contributed by atoms with Crippen molar-refractivity contribution in [3.05, 3.63) is 71.4 Å². The predicted molar refractivity (Wildman–Crippen MR) is 178 cm³/mol. The minimum Gasteiger partial charge on any atom is -0.490 e. The van der Waals surface area contributed by atoms with E-state index in [1.54, 1.807) is 0 Å². The summed E-state index contributed by atoms with van der Waals surface area (Å²) in [5, 5.41) is 5.40. The first-order chi connectivity index (χ1) is 20.9. The third kappa shape index (κ3) is 7.90. The van der Waals surface area contributed by atoms with Crippen LogP contribution in [0.2, 0.25) is 5.15 Å². The van der Waals surface area contributed by atoms with Gasteiger partial charge in [0.1, 0.15) is 23.6 Å². The lowest BCUT2D eigenvalue weighted by atomic mass is 10.1. The summed E-state index contributed by atoms with van der Waals surface area (Å²) in [6, 6.07) is 13.2. The van der Waals surface area contributed by atoms with Crippen molar-refractivity contribution in [1.29, 1.82) is 0 Å².